The van der Waals surface area contributed by atoms with E-state index in [0.29, 0.717) is 12.1 Å². The second kappa shape index (κ2) is 6.42. The summed E-state index contributed by atoms with van der Waals surface area (Å²) in [5.74, 6) is -1.53. The maximum Gasteiger partial charge on any atom is 0.350 e. The van der Waals surface area contributed by atoms with Crippen molar-refractivity contribution in [2.45, 2.75) is 32.9 Å². The van der Waals surface area contributed by atoms with Gasteiger partial charge in [0.25, 0.3) is 0 Å². The normalized spacial score (nSPS) is 12.5. The molecule has 0 spiro atoms. The SMILES string of the molecule is CC(C)CC(NC(=O)Cn1nc2ccccn2c1=O)C(=O)O. The fraction of sp³-hybridized carbons (Fsp3) is 0.429. The molecule has 2 aromatic rings. The number of fused-ring (bicyclic) bond motifs is 1. The Labute approximate surface area is 126 Å². The molecule has 0 aliphatic heterocycles. The van der Waals surface area contributed by atoms with Gasteiger partial charge in [0.05, 0.1) is 0 Å². The third kappa shape index (κ3) is 3.51. The lowest BCUT2D eigenvalue weighted by molar-refractivity contribution is -0.142. The number of nitrogens with one attached hydrogen (secondary N) is 1. The first-order chi connectivity index (χ1) is 10.4. The zero-order chi connectivity index (χ0) is 16.3. The first kappa shape index (κ1) is 15.7. The van der Waals surface area contributed by atoms with Crippen LogP contribution in [-0.2, 0) is 16.1 Å². The highest BCUT2D eigenvalue weighted by Crippen LogP contribution is 2.05. The van der Waals surface area contributed by atoms with Crippen molar-refractivity contribution >= 4 is 17.5 Å². The summed E-state index contributed by atoms with van der Waals surface area (Å²) >= 11 is 0. The maximum atomic E-state index is 12.0. The van der Waals surface area contributed by atoms with Crippen molar-refractivity contribution in [2.24, 2.45) is 5.92 Å². The highest BCUT2D eigenvalue weighted by molar-refractivity contribution is 5.83. The Morgan fingerprint density at radius 3 is 2.68 bits per heavy atom. The number of carbonyl (C=O) groups is 2. The zero-order valence-corrected chi connectivity index (χ0v) is 12.4. The van der Waals surface area contributed by atoms with Crippen LogP contribution in [0, 0.1) is 5.92 Å². The molecule has 0 aromatic carbocycles. The first-order valence-electron chi connectivity index (χ1n) is 6.95. The largest absolute Gasteiger partial charge is 0.480 e. The standard InChI is InChI=1S/C14H18N4O4/c1-9(2)7-10(13(20)21)15-12(19)8-18-14(22)17-6-4-3-5-11(17)16-18/h3-6,9-10H,7-8H2,1-2H3,(H,15,19)(H,20,21). The lowest BCUT2D eigenvalue weighted by Gasteiger charge is -2.16. The summed E-state index contributed by atoms with van der Waals surface area (Å²) in [6.45, 7) is 3.42. The van der Waals surface area contributed by atoms with Crippen molar-refractivity contribution in [3.63, 3.8) is 0 Å². The van der Waals surface area contributed by atoms with Crippen LogP contribution in [0.15, 0.2) is 29.2 Å². The van der Waals surface area contributed by atoms with Gasteiger partial charge in [-0.1, -0.05) is 19.9 Å². The minimum Gasteiger partial charge on any atom is -0.480 e. The molecule has 0 saturated heterocycles. The minimum atomic E-state index is -1.09. The molecule has 2 N–H and O–H groups in total. The Morgan fingerprint density at radius 1 is 1.36 bits per heavy atom. The summed E-state index contributed by atoms with van der Waals surface area (Å²) in [6, 6.07) is 4.09. The molecule has 0 radical (unpaired) electrons. The summed E-state index contributed by atoms with van der Waals surface area (Å²) in [6.07, 6.45) is 1.87. The van der Waals surface area contributed by atoms with Crippen LogP contribution >= 0.6 is 0 Å². The minimum absolute atomic E-state index is 0.124. The predicted molar refractivity (Wildman–Crippen MR) is 78.5 cm³/mol. The van der Waals surface area contributed by atoms with Gasteiger partial charge in [-0.2, -0.15) is 0 Å². The van der Waals surface area contributed by atoms with Crippen LogP contribution in [0.2, 0.25) is 0 Å². The molecular formula is C14H18N4O4. The molecule has 0 aliphatic rings. The molecule has 0 saturated carbocycles. The van der Waals surface area contributed by atoms with Crippen LogP contribution < -0.4 is 11.0 Å². The molecule has 1 atom stereocenters. The van der Waals surface area contributed by atoms with Gasteiger partial charge in [0.1, 0.15) is 12.6 Å². The van der Waals surface area contributed by atoms with Crippen molar-refractivity contribution in [2.75, 3.05) is 0 Å². The monoisotopic (exact) mass is 306 g/mol. The highest BCUT2D eigenvalue weighted by Gasteiger charge is 2.21. The number of hydrogen-bond donors (Lipinski definition) is 2. The number of carboxylic acid groups (broad SMARTS) is 1. The summed E-state index contributed by atoms with van der Waals surface area (Å²) in [5, 5.41) is 15.5. The summed E-state index contributed by atoms with van der Waals surface area (Å²) in [7, 11) is 0. The average molecular weight is 306 g/mol. The van der Waals surface area contributed by atoms with Crippen molar-refractivity contribution in [1.29, 1.82) is 0 Å². The molecule has 2 rings (SSSR count). The second-order valence-electron chi connectivity index (χ2n) is 5.46. The van der Waals surface area contributed by atoms with E-state index in [4.69, 9.17) is 5.11 Å². The summed E-state index contributed by atoms with van der Waals surface area (Å²) < 4.78 is 2.33. The van der Waals surface area contributed by atoms with E-state index in [1.165, 1.54) is 4.40 Å². The first-order valence-corrected chi connectivity index (χ1v) is 6.95. The van der Waals surface area contributed by atoms with Gasteiger partial charge < -0.3 is 10.4 Å². The molecule has 2 aromatic heterocycles. The van der Waals surface area contributed by atoms with Gasteiger partial charge in [0.15, 0.2) is 5.65 Å². The van der Waals surface area contributed by atoms with Gasteiger partial charge in [0, 0.05) is 6.20 Å². The lowest BCUT2D eigenvalue weighted by atomic mass is 10.0. The Morgan fingerprint density at radius 2 is 2.09 bits per heavy atom. The number of aromatic nitrogens is 3. The van der Waals surface area contributed by atoms with E-state index < -0.39 is 23.6 Å². The van der Waals surface area contributed by atoms with Crippen LogP contribution in [0.4, 0.5) is 0 Å². The molecule has 1 unspecified atom stereocenters. The van der Waals surface area contributed by atoms with E-state index in [2.05, 4.69) is 10.4 Å². The number of carboxylic acids is 1. The Kier molecular flexibility index (Phi) is 4.59. The number of aliphatic carboxylic acids is 1. The number of pyridine rings is 1. The molecule has 8 nitrogen and oxygen atoms in total. The molecule has 1 amide bonds. The molecule has 0 aliphatic carbocycles. The van der Waals surface area contributed by atoms with Crippen LogP contribution in [0.25, 0.3) is 5.65 Å². The van der Waals surface area contributed by atoms with E-state index in [0.717, 1.165) is 4.68 Å². The van der Waals surface area contributed by atoms with Crippen LogP contribution in [0.3, 0.4) is 0 Å². The van der Waals surface area contributed by atoms with Crippen LogP contribution in [0.1, 0.15) is 20.3 Å². The van der Waals surface area contributed by atoms with Crippen molar-refractivity contribution in [3.05, 3.63) is 34.9 Å². The zero-order valence-electron chi connectivity index (χ0n) is 12.4. The molecule has 2 heterocycles. The molecule has 22 heavy (non-hydrogen) atoms. The van der Waals surface area contributed by atoms with E-state index in [1.54, 1.807) is 24.4 Å². The van der Waals surface area contributed by atoms with E-state index in [9.17, 15) is 14.4 Å². The van der Waals surface area contributed by atoms with Gasteiger partial charge in [-0.05, 0) is 24.5 Å². The third-order valence-corrected chi connectivity index (χ3v) is 3.12. The quantitative estimate of drug-likeness (QED) is 0.788. The molecule has 8 heteroatoms. The van der Waals surface area contributed by atoms with Crippen LogP contribution in [0.5, 0.6) is 0 Å². The molecular weight excluding hydrogens is 288 g/mol. The number of carbonyl (C=O) groups excluding carboxylic acids is 1. The number of amides is 1. The number of hydrogen-bond acceptors (Lipinski definition) is 4. The van der Waals surface area contributed by atoms with E-state index >= 15 is 0 Å². The fourth-order valence-corrected chi connectivity index (χ4v) is 2.14. The number of nitrogens with zero attached hydrogens (tertiary/aromatic N) is 3. The van der Waals surface area contributed by atoms with Gasteiger partial charge in [0.2, 0.25) is 5.91 Å². The molecule has 0 fully saturated rings. The number of rotatable bonds is 6. The lowest BCUT2D eigenvalue weighted by Crippen LogP contribution is -2.44. The summed E-state index contributed by atoms with van der Waals surface area (Å²) in [4.78, 5) is 35.1. The highest BCUT2D eigenvalue weighted by atomic mass is 16.4. The smallest absolute Gasteiger partial charge is 0.350 e. The topological polar surface area (TPSA) is 106 Å². The van der Waals surface area contributed by atoms with Gasteiger partial charge >= 0.3 is 11.7 Å². The van der Waals surface area contributed by atoms with E-state index in [-0.39, 0.29) is 12.5 Å². The fourth-order valence-electron chi connectivity index (χ4n) is 2.14. The van der Waals surface area contributed by atoms with Crippen molar-refractivity contribution in [3.8, 4) is 0 Å². The molecule has 0 bridgehead atoms. The molecule has 118 valence electrons. The maximum absolute atomic E-state index is 12.0. The Bertz CT molecular complexity index is 747. The van der Waals surface area contributed by atoms with Gasteiger partial charge in [-0.3, -0.25) is 9.20 Å². The second-order valence-corrected chi connectivity index (χ2v) is 5.46. The van der Waals surface area contributed by atoms with Crippen molar-refractivity contribution < 1.29 is 14.7 Å². The predicted octanol–water partition coefficient (Wildman–Crippen LogP) is 0.111. The van der Waals surface area contributed by atoms with E-state index in [1.807, 2.05) is 13.8 Å². The van der Waals surface area contributed by atoms with Gasteiger partial charge in [-0.15, -0.1) is 5.10 Å². The van der Waals surface area contributed by atoms with Gasteiger partial charge in [-0.25, -0.2) is 14.3 Å². The Balaban J connectivity index is 2.11. The van der Waals surface area contributed by atoms with Crippen LogP contribution in [-0.4, -0.2) is 37.2 Å². The summed E-state index contributed by atoms with van der Waals surface area (Å²) in [5.41, 5.74) is -0.0150. The Hall–Kier alpha value is -2.64. The third-order valence-electron chi connectivity index (χ3n) is 3.12. The average Bonchev–Trinajstić information content (AvgIpc) is 2.74. The van der Waals surface area contributed by atoms with Crippen molar-refractivity contribution in [1.82, 2.24) is 19.5 Å².